The zero-order valence-electron chi connectivity index (χ0n) is 7.66. The van der Waals surface area contributed by atoms with Gasteiger partial charge in [0.15, 0.2) is 6.07 Å². The molecule has 0 aromatic rings. The number of alkyl carbamates (subject to hydrolysis) is 1. The average molecular weight is 242 g/mol. The van der Waals surface area contributed by atoms with Crippen LogP contribution in [0.2, 0.25) is 0 Å². The number of ether oxygens (including phenoxy) is 1. The summed E-state index contributed by atoms with van der Waals surface area (Å²) in [7, 11) is 0. The van der Waals surface area contributed by atoms with Crippen molar-refractivity contribution in [2.75, 3.05) is 18.1 Å². The predicted molar refractivity (Wildman–Crippen MR) is 54.8 cm³/mol. The van der Waals surface area contributed by atoms with Crippen LogP contribution in [-0.2, 0) is 9.53 Å². The predicted octanol–water partition coefficient (Wildman–Crippen LogP) is 1.12. The van der Waals surface area contributed by atoms with Crippen LogP contribution < -0.4 is 5.32 Å². The van der Waals surface area contributed by atoms with Gasteiger partial charge in [0, 0.05) is 0 Å². The van der Waals surface area contributed by atoms with E-state index in [1.54, 1.807) is 0 Å². The number of thioether (sulfide) groups is 1. The molecule has 0 saturated heterocycles. The Balaban J connectivity index is 3.95. The van der Waals surface area contributed by atoms with Crippen molar-refractivity contribution >= 4 is 35.4 Å². The summed E-state index contributed by atoms with van der Waals surface area (Å²) in [6, 6.07) is -1.21. The van der Waals surface area contributed by atoms with Crippen molar-refractivity contribution in [3.63, 3.8) is 0 Å². The number of carboxylic acids is 1. The third-order valence-corrected chi connectivity index (χ3v) is 2.14. The SMILES string of the molecule is CSCCC(NC(=O)OCCl)C(=O)O. The lowest BCUT2D eigenvalue weighted by molar-refractivity contribution is -0.139. The molecular formula is C7H12ClNO4S. The molecule has 0 heterocycles. The maximum absolute atomic E-state index is 10.8. The average Bonchev–Trinajstić information content (AvgIpc) is 2.12. The van der Waals surface area contributed by atoms with Gasteiger partial charge >= 0.3 is 12.1 Å². The highest BCUT2D eigenvalue weighted by molar-refractivity contribution is 7.98. The number of carbonyl (C=O) groups excluding carboxylic acids is 1. The number of rotatable bonds is 6. The van der Waals surface area contributed by atoms with Gasteiger partial charge in [0.25, 0.3) is 0 Å². The van der Waals surface area contributed by atoms with Crippen molar-refractivity contribution in [1.82, 2.24) is 5.32 Å². The van der Waals surface area contributed by atoms with Crippen LogP contribution in [0.3, 0.4) is 0 Å². The first-order valence-corrected chi connectivity index (χ1v) is 5.75. The Morgan fingerprint density at radius 1 is 1.64 bits per heavy atom. The molecule has 0 aromatic carbocycles. The third kappa shape index (κ3) is 5.93. The number of halogens is 1. The number of amides is 1. The summed E-state index contributed by atoms with van der Waals surface area (Å²) in [5.74, 6) is -0.427. The summed E-state index contributed by atoms with van der Waals surface area (Å²) in [5, 5.41) is 10.9. The van der Waals surface area contributed by atoms with Gasteiger partial charge < -0.3 is 15.2 Å². The van der Waals surface area contributed by atoms with E-state index >= 15 is 0 Å². The van der Waals surface area contributed by atoms with Gasteiger partial charge in [0.1, 0.15) is 6.04 Å². The quantitative estimate of drug-likeness (QED) is 0.682. The second-order valence-corrected chi connectivity index (χ2v) is 3.56. The fraction of sp³-hybridized carbons (Fsp3) is 0.714. The number of carboxylic acid groups (broad SMARTS) is 1. The van der Waals surface area contributed by atoms with Gasteiger partial charge in [-0.25, -0.2) is 9.59 Å². The first kappa shape index (κ1) is 13.4. The van der Waals surface area contributed by atoms with E-state index in [2.05, 4.69) is 10.1 Å². The molecule has 0 aliphatic carbocycles. The van der Waals surface area contributed by atoms with Crippen LogP contribution in [0.25, 0.3) is 0 Å². The second-order valence-electron chi connectivity index (χ2n) is 2.36. The molecule has 1 amide bonds. The van der Waals surface area contributed by atoms with Crippen LogP contribution >= 0.6 is 23.4 Å². The molecule has 82 valence electrons. The molecular weight excluding hydrogens is 230 g/mol. The molecule has 14 heavy (non-hydrogen) atoms. The van der Waals surface area contributed by atoms with Crippen molar-refractivity contribution in [3.8, 4) is 0 Å². The van der Waals surface area contributed by atoms with Crippen LogP contribution in [0.5, 0.6) is 0 Å². The first-order chi connectivity index (χ1) is 6.61. The Labute approximate surface area is 91.1 Å². The van der Waals surface area contributed by atoms with Crippen LogP contribution in [0, 0.1) is 0 Å². The van der Waals surface area contributed by atoms with Crippen LogP contribution in [0.15, 0.2) is 0 Å². The Morgan fingerprint density at radius 2 is 2.29 bits per heavy atom. The standard InChI is InChI=1S/C7H12ClNO4S/c1-14-3-2-5(6(10)11)9-7(12)13-4-8/h5H,2-4H2,1H3,(H,9,12)(H,10,11). The minimum atomic E-state index is -1.08. The lowest BCUT2D eigenvalue weighted by atomic mass is 10.2. The molecule has 0 radical (unpaired) electrons. The molecule has 0 aromatic heterocycles. The van der Waals surface area contributed by atoms with Crippen LogP contribution in [-0.4, -0.2) is 41.3 Å². The van der Waals surface area contributed by atoms with Crippen molar-refractivity contribution < 1.29 is 19.4 Å². The maximum Gasteiger partial charge on any atom is 0.409 e. The van der Waals surface area contributed by atoms with Crippen molar-refractivity contribution in [3.05, 3.63) is 0 Å². The Kier molecular flexibility index (Phi) is 7.41. The van der Waals surface area contributed by atoms with Gasteiger partial charge in [-0.1, -0.05) is 11.6 Å². The molecule has 2 N–H and O–H groups in total. The Hall–Kier alpha value is -0.620. The molecule has 0 aliphatic heterocycles. The fourth-order valence-corrected chi connectivity index (χ4v) is 1.30. The highest BCUT2D eigenvalue weighted by Crippen LogP contribution is 2.01. The summed E-state index contributed by atoms with van der Waals surface area (Å²) >= 11 is 6.64. The summed E-state index contributed by atoms with van der Waals surface area (Å²) < 4.78 is 4.35. The lowest BCUT2D eigenvalue weighted by Crippen LogP contribution is -2.41. The van der Waals surface area contributed by atoms with E-state index in [-0.39, 0.29) is 6.07 Å². The molecule has 0 bridgehead atoms. The number of hydrogen-bond acceptors (Lipinski definition) is 4. The highest BCUT2D eigenvalue weighted by atomic mass is 35.5. The largest absolute Gasteiger partial charge is 0.480 e. The van der Waals surface area contributed by atoms with Crippen molar-refractivity contribution in [1.29, 1.82) is 0 Å². The minimum Gasteiger partial charge on any atom is -0.480 e. The molecule has 5 nitrogen and oxygen atoms in total. The minimum absolute atomic E-state index is 0.291. The lowest BCUT2D eigenvalue weighted by Gasteiger charge is -2.12. The zero-order chi connectivity index (χ0) is 11.0. The van der Waals surface area contributed by atoms with E-state index in [0.717, 1.165) is 0 Å². The molecule has 0 spiro atoms. The summed E-state index contributed by atoms with van der Waals surface area (Å²) in [5.41, 5.74) is 0. The summed E-state index contributed by atoms with van der Waals surface area (Å²) in [6.07, 6.45) is 1.40. The number of carbonyl (C=O) groups is 2. The van der Waals surface area contributed by atoms with Gasteiger partial charge in [-0.3, -0.25) is 0 Å². The molecule has 1 unspecified atom stereocenters. The number of aliphatic carboxylic acids is 1. The van der Waals surface area contributed by atoms with E-state index in [4.69, 9.17) is 16.7 Å². The van der Waals surface area contributed by atoms with Gasteiger partial charge in [-0.05, 0) is 18.4 Å². The maximum atomic E-state index is 10.8. The van der Waals surface area contributed by atoms with Gasteiger partial charge in [0.05, 0.1) is 0 Å². The smallest absolute Gasteiger partial charge is 0.409 e. The van der Waals surface area contributed by atoms with E-state index in [1.165, 1.54) is 11.8 Å². The molecule has 0 aliphatic rings. The van der Waals surface area contributed by atoms with E-state index in [0.29, 0.717) is 12.2 Å². The van der Waals surface area contributed by atoms with Crippen LogP contribution in [0.1, 0.15) is 6.42 Å². The topological polar surface area (TPSA) is 75.6 Å². The van der Waals surface area contributed by atoms with Crippen molar-refractivity contribution in [2.45, 2.75) is 12.5 Å². The van der Waals surface area contributed by atoms with Crippen LogP contribution in [0.4, 0.5) is 4.79 Å². The zero-order valence-corrected chi connectivity index (χ0v) is 9.23. The molecule has 0 saturated carbocycles. The van der Waals surface area contributed by atoms with E-state index in [1.807, 2.05) is 6.26 Å². The van der Waals surface area contributed by atoms with Crippen molar-refractivity contribution in [2.24, 2.45) is 0 Å². The monoisotopic (exact) mass is 241 g/mol. The molecule has 0 fully saturated rings. The van der Waals surface area contributed by atoms with E-state index < -0.39 is 18.1 Å². The summed E-state index contributed by atoms with van der Waals surface area (Å²) in [4.78, 5) is 21.5. The molecule has 1 atom stereocenters. The molecule has 7 heteroatoms. The first-order valence-electron chi connectivity index (χ1n) is 3.82. The second kappa shape index (κ2) is 7.75. The van der Waals surface area contributed by atoms with E-state index in [9.17, 15) is 9.59 Å². The van der Waals surface area contributed by atoms with Gasteiger partial charge in [-0.15, -0.1) is 0 Å². The number of nitrogens with one attached hydrogen (secondary N) is 1. The van der Waals surface area contributed by atoms with Gasteiger partial charge in [0.2, 0.25) is 0 Å². The molecule has 0 rings (SSSR count). The normalized spacial score (nSPS) is 11.9. The Morgan fingerprint density at radius 3 is 2.71 bits per heavy atom. The fourth-order valence-electron chi connectivity index (χ4n) is 0.727. The highest BCUT2D eigenvalue weighted by Gasteiger charge is 2.19. The van der Waals surface area contributed by atoms with Gasteiger partial charge in [-0.2, -0.15) is 11.8 Å². The number of hydrogen-bond donors (Lipinski definition) is 2. The number of alkyl halides is 1. The third-order valence-electron chi connectivity index (χ3n) is 1.39. The Bertz CT molecular complexity index is 202. The summed E-state index contributed by atoms with van der Waals surface area (Å²) in [6.45, 7) is 0.